The van der Waals surface area contributed by atoms with Crippen LogP contribution in [0.5, 0.6) is 0 Å². The fourth-order valence-corrected chi connectivity index (χ4v) is 4.34. The molecule has 1 atom stereocenters. The van der Waals surface area contributed by atoms with Gasteiger partial charge in [-0.05, 0) is 44.4 Å². The number of likely N-dealkylation sites (tertiary alicyclic amines) is 1. The van der Waals surface area contributed by atoms with Crippen molar-refractivity contribution >= 4 is 23.0 Å². The third-order valence-electron chi connectivity index (χ3n) is 6.62. The van der Waals surface area contributed by atoms with Gasteiger partial charge < -0.3 is 19.7 Å². The zero-order valence-corrected chi connectivity index (χ0v) is 18.9. The molecular formula is C23H34N6O2. The minimum Gasteiger partial charge on any atom is -0.339 e. The molecule has 0 aliphatic carbocycles. The van der Waals surface area contributed by atoms with E-state index in [-0.39, 0.29) is 18.0 Å². The van der Waals surface area contributed by atoms with Crippen molar-refractivity contribution < 1.29 is 9.59 Å². The van der Waals surface area contributed by atoms with Crippen molar-refractivity contribution in [1.82, 2.24) is 29.6 Å². The van der Waals surface area contributed by atoms with Gasteiger partial charge in [0.2, 0.25) is 0 Å². The van der Waals surface area contributed by atoms with Crippen LogP contribution in [0.3, 0.4) is 0 Å². The first-order chi connectivity index (χ1) is 15.0. The van der Waals surface area contributed by atoms with Gasteiger partial charge in [0.05, 0.1) is 17.6 Å². The van der Waals surface area contributed by atoms with Crippen LogP contribution in [0.2, 0.25) is 0 Å². The molecule has 1 N–H and O–H groups in total. The zero-order chi connectivity index (χ0) is 22.0. The molecule has 8 nitrogen and oxygen atoms in total. The lowest BCUT2D eigenvalue weighted by molar-refractivity contribution is 0.0793. The van der Waals surface area contributed by atoms with Gasteiger partial charge in [0.25, 0.3) is 5.91 Å². The van der Waals surface area contributed by atoms with Gasteiger partial charge in [0.15, 0.2) is 0 Å². The van der Waals surface area contributed by atoms with Crippen molar-refractivity contribution in [3.8, 4) is 0 Å². The highest BCUT2D eigenvalue weighted by atomic mass is 16.2. The molecule has 0 saturated carbocycles. The number of fused-ring (bicyclic) bond motifs is 1. The Morgan fingerprint density at radius 2 is 1.77 bits per heavy atom. The minimum absolute atomic E-state index is 0.0342. The number of hydrogen-bond donors (Lipinski definition) is 1. The first-order valence-electron chi connectivity index (χ1n) is 11.5. The quantitative estimate of drug-likeness (QED) is 0.797. The summed E-state index contributed by atoms with van der Waals surface area (Å²) in [6.07, 6.45) is 3.12. The van der Waals surface area contributed by atoms with Crippen molar-refractivity contribution in [2.24, 2.45) is 7.05 Å². The molecule has 8 heteroatoms. The molecule has 2 aliphatic rings. The number of carbonyl (C=O) groups excluding carboxylic acids is 2. The molecule has 1 aromatic carbocycles. The molecule has 1 aromatic heterocycles. The first kappa shape index (κ1) is 21.6. The Morgan fingerprint density at radius 3 is 2.45 bits per heavy atom. The molecule has 0 bridgehead atoms. The average Bonchev–Trinajstić information content (AvgIpc) is 3.42. The van der Waals surface area contributed by atoms with Crippen LogP contribution in [0.1, 0.15) is 49.3 Å². The van der Waals surface area contributed by atoms with Gasteiger partial charge in [-0.2, -0.15) is 0 Å². The summed E-state index contributed by atoms with van der Waals surface area (Å²) >= 11 is 0. The minimum atomic E-state index is 0.0342. The summed E-state index contributed by atoms with van der Waals surface area (Å²) in [4.78, 5) is 36.1. The maximum Gasteiger partial charge on any atom is 0.317 e. The number of rotatable bonds is 5. The maximum atomic E-state index is 12.7. The molecule has 168 valence electrons. The van der Waals surface area contributed by atoms with E-state index in [0.29, 0.717) is 0 Å². The molecule has 2 saturated heterocycles. The molecule has 3 amide bonds. The summed E-state index contributed by atoms with van der Waals surface area (Å²) in [6.45, 7) is 9.65. The molecule has 0 radical (unpaired) electrons. The zero-order valence-electron chi connectivity index (χ0n) is 18.9. The van der Waals surface area contributed by atoms with Crippen LogP contribution in [-0.4, -0.2) is 81.5 Å². The van der Waals surface area contributed by atoms with Crippen LogP contribution in [0.25, 0.3) is 11.0 Å². The van der Waals surface area contributed by atoms with Crippen molar-refractivity contribution in [3.63, 3.8) is 0 Å². The van der Waals surface area contributed by atoms with E-state index in [1.54, 1.807) is 0 Å². The summed E-state index contributed by atoms with van der Waals surface area (Å²) < 4.78 is 2.11. The molecule has 1 unspecified atom stereocenters. The highest BCUT2D eigenvalue weighted by Gasteiger charge is 2.24. The number of piperazine rings is 1. The number of imidazole rings is 1. The van der Waals surface area contributed by atoms with Crippen LogP contribution in [0.15, 0.2) is 18.2 Å². The number of amides is 3. The normalized spacial score (nSPS) is 18.5. The van der Waals surface area contributed by atoms with Crippen LogP contribution >= 0.6 is 0 Å². The number of aromatic nitrogens is 2. The SMILES string of the molecule is CCC(C)NC(=O)N1CCN(Cc2nc3cc(C(=O)N4CCCC4)ccc3n2C)CC1. The summed E-state index contributed by atoms with van der Waals surface area (Å²) in [5, 5.41) is 3.05. The van der Waals surface area contributed by atoms with Gasteiger partial charge in [0, 0.05) is 57.9 Å². The third kappa shape index (κ3) is 4.69. The third-order valence-corrected chi connectivity index (χ3v) is 6.62. The summed E-state index contributed by atoms with van der Waals surface area (Å²) in [5.74, 6) is 1.09. The highest BCUT2D eigenvalue weighted by molar-refractivity contribution is 5.97. The van der Waals surface area contributed by atoms with Crippen LogP contribution in [0.4, 0.5) is 4.79 Å². The lowest BCUT2D eigenvalue weighted by Gasteiger charge is -2.35. The molecule has 2 aromatic rings. The van der Waals surface area contributed by atoms with Crippen molar-refractivity contribution in [1.29, 1.82) is 0 Å². The van der Waals surface area contributed by atoms with Gasteiger partial charge in [-0.25, -0.2) is 9.78 Å². The Hall–Kier alpha value is -2.61. The number of aryl methyl sites for hydroxylation is 1. The lowest BCUT2D eigenvalue weighted by Crippen LogP contribution is -2.52. The summed E-state index contributed by atoms with van der Waals surface area (Å²) in [5.41, 5.74) is 2.63. The van der Waals surface area contributed by atoms with Gasteiger partial charge in [-0.15, -0.1) is 0 Å². The predicted molar refractivity (Wildman–Crippen MR) is 121 cm³/mol. The Labute approximate surface area is 184 Å². The molecular weight excluding hydrogens is 392 g/mol. The molecule has 3 heterocycles. The van der Waals surface area contributed by atoms with Crippen LogP contribution in [0, 0.1) is 0 Å². The summed E-state index contributed by atoms with van der Waals surface area (Å²) in [7, 11) is 2.03. The van der Waals surface area contributed by atoms with Gasteiger partial charge in [-0.3, -0.25) is 9.69 Å². The maximum absolute atomic E-state index is 12.7. The van der Waals surface area contributed by atoms with E-state index in [1.807, 2.05) is 42.0 Å². The van der Waals surface area contributed by atoms with Crippen LogP contribution in [-0.2, 0) is 13.6 Å². The summed E-state index contributed by atoms with van der Waals surface area (Å²) in [6, 6.07) is 6.09. The predicted octanol–water partition coefficient (Wildman–Crippen LogP) is 2.43. The van der Waals surface area contributed by atoms with Crippen LogP contribution < -0.4 is 5.32 Å². The van der Waals surface area contributed by atoms with Crippen molar-refractivity contribution in [3.05, 3.63) is 29.6 Å². The first-order valence-corrected chi connectivity index (χ1v) is 11.5. The van der Waals surface area contributed by atoms with Gasteiger partial charge >= 0.3 is 6.03 Å². The van der Waals surface area contributed by atoms with Crippen molar-refractivity contribution in [2.75, 3.05) is 39.3 Å². The molecule has 4 rings (SSSR count). The van der Waals surface area contributed by atoms with E-state index in [9.17, 15) is 9.59 Å². The Balaban J connectivity index is 1.39. The fourth-order valence-electron chi connectivity index (χ4n) is 4.34. The van der Waals surface area contributed by atoms with Crippen molar-refractivity contribution in [2.45, 2.75) is 45.7 Å². The number of benzene rings is 1. The monoisotopic (exact) mass is 426 g/mol. The second-order valence-electron chi connectivity index (χ2n) is 8.81. The number of carbonyl (C=O) groups is 2. The molecule has 2 fully saturated rings. The highest BCUT2D eigenvalue weighted by Crippen LogP contribution is 2.21. The lowest BCUT2D eigenvalue weighted by atomic mass is 10.2. The smallest absolute Gasteiger partial charge is 0.317 e. The number of nitrogens with one attached hydrogen (secondary N) is 1. The van der Waals surface area contributed by atoms with E-state index < -0.39 is 0 Å². The standard InChI is InChI=1S/C23H34N6O2/c1-4-17(2)24-23(31)29-13-11-27(12-14-29)16-21-25-19-15-18(7-8-20(19)26(21)3)22(30)28-9-5-6-10-28/h7-8,15,17H,4-6,9-14,16H2,1-3H3,(H,24,31). The topological polar surface area (TPSA) is 73.7 Å². The molecule has 31 heavy (non-hydrogen) atoms. The van der Waals surface area contributed by atoms with E-state index >= 15 is 0 Å². The van der Waals surface area contributed by atoms with E-state index in [4.69, 9.17) is 4.98 Å². The Morgan fingerprint density at radius 1 is 1.06 bits per heavy atom. The van der Waals surface area contributed by atoms with E-state index in [0.717, 1.165) is 87.5 Å². The second kappa shape index (κ2) is 9.26. The number of urea groups is 1. The van der Waals surface area contributed by atoms with E-state index in [2.05, 4.69) is 21.7 Å². The van der Waals surface area contributed by atoms with E-state index in [1.165, 1.54) is 0 Å². The Bertz CT molecular complexity index is 941. The largest absolute Gasteiger partial charge is 0.339 e. The fraction of sp³-hybridized carbons (Fsp3) is 0.609. The number of hydrogen-bond acceptors (Lipinski definition) is 4. The number of nitrogens with zero attached hydrogens (tertiary/aromatic N) is 5. The van der Waals surface area contributed by atoms with Gasteiger partial charge in [-0.1, -0.05) is 6.92 Å². The second-order valence-corrected chi connectivity index (χ2v) is 8.81. The molecule has 2 aliphatic heterocycles. The molecule has 0 spiro atoms. The average molecular weight is 427 g/mol. The van der Waals surface area contributed by atoms with Gasteiger partial charge in [0.1, 0.15) is 5.82 Å². The Kier molecular flexibility index (Phi) is 6.46.